The molecule has 1 amide bonds. The molecule has 0 aliphatic carbocycles. The molecule has 0 bridgehead atoms. The van der Waals surface area contributed by atoms with E-state index in [0.29, 0.717) is 6.42 Å². The second-order valence-corrected chi connectivity index (χ2v) is 4.73. The fourth-order valence-corrected chi connectivity index (χ4v) is 2.21. The molecular formula is C14H22N4O. The van der Waals surface area contributed by atoms with Crippen LogP contribution in [0.5, 0.6) is 0 Å². The summed E-state index contributed by atoms with van der Waals surface area (Å²) in [6.07, 6.45) is 2.25. The Bertz CT molecular complexity index is 427. The highest BCUT2D eigenvalue weighted by molar-refractivity contribution is 5.90. The largest absolute Gasteiger partial charge is 0.354 e. The number of aromatic nitrogens is 1. The zero-order valence-corrected chi connectivity index (χ0v) is 11.7. The minimum Gasteiger partial charge on any atom is -0.354 e. The molecule has 5 nitrogen and oxygen atoms in total. The number of hydrogen-bond acceptors (Lipinski definition) is 4. The van der Waals surface area contributed by atoms with Gasteiger partial charge in [0.1, 0.15) is 5.82 Å². The number of rotatable bonds is 4. The molecule has 0 atom stereocenters. The molecule has 0 saturated carbocycles. The predicted octanol–water partition coefficient (Wildman–Crippen LogP) is 1.57. The molecule has 2 rings (SSSR count). The Morgan fingerprint density at radius 1 is 1.32 bits per heavy atom. The van der Waals surface area contributed by atoms with Gasteiger partial charge in [-0.1, -0.05) is 13.8 Å². The number of pyridine rings is 1. The Morgan fingerprint density at radius 3 is 2.68 bits per heavy atom. The first-order valence-corrected chi connectivity index (χ1v) is 6.96. The van der Waals surface area contributed by atoms with E-state index in [1.807, 2.05) is 19.1 Å². The summed E-state index contributed by atoms with van der Waals surface area (Å²) in [5.41, 5.74) is 0.828. The van der Waals surface area contributed by atoms with Gasteiger partial charge in [-0.25, -0.2) is 4.98 Å². The zero-order valence-electron chi connectivity index (χ0n) is 11.7. The van der Waals surface area contributed by atoms with Gasteiger partial charge in [0.15, 0.2) is 0 Å². The van der Waals surface area contributed by atoms with E-state index >= 15 is 0 Å². The number of carbonyl (C=O) groups excluding carboxylic acids is 1. The third-order valence-electron chi connectivity index (χ3n) is 3.49. The van der Waals surface area contributed by atoms with Crippen molar-refractivity contribution in [1.82, 2.24) is 9.88 Å². The van der Waals surface area contributed by atoms with Crippen LogP contribution in [0.1, 0.15) is 20.3 Å². The lowest BCUT2D eigenvalue weighted by Crippen LogP contribution is -2.46. The summed E-state index contributed by atoms with van der Waals surface area (Å²) < 4.78 is 0. The molecule has 0 unspecified atom stereocenters. The molecule has 19 heavy (non-hydrogen) atoms. The summed E-state index contributed by atoms with van der Waals surface area (Å²) in [4.78, 5) is 20.5. The first-order chi connectivity index (χ1) is 9.22. The lowest BCUT2D eigenvalue weighted by atomic mass is 10.3. The van der Waals surface area contributed by atoms with Gasteiger partial charge in [0.05, 0.1) is 0 Å². The maximum absolute atomic E-state index is 11.4. The van der Waals surface area contributed by atoms with Crippen LogP contribution in [0.15, 0.2) is 18.3 Å². The third kappa shape index (κ3) is 3.67. The Hall–Kier alpha value is -1.62. The maximum atomic E-state index is 11.4. The molecule has 2 heterocycles. The molecule has 1 saturated heterocycles. The Labute approximate surface area is 114 Å². The Balaban J connectivity index is 2.01. The number of amides is 1. The summed E-state index contributed by atoms with van der Waals surface area (Å²) in [6, 6.07) is 3.79. The van der Waals surface area contributed by atoms with E-state index in [2.05, 4.69) is 27.0 Å². The fourth-order valence-electron chi connectivity index (χ4n) is 2.21. The fraction of sp³-hybridized carbons (Fsp3) is 0.571. The monoisotopic (exact) mass is 262 g/mol. The van der Waals surface area contributed by atoms with E-state index in [4.69, 9.17) is 0 Å². The Kier molecular flexibility index (Phi) is 4.74. The van der Waals surface area contributed by atoms with Crippen molar-refractivity contribution < 1.29 is 4.79 Å². The minimum atomic E-state index is 0.0351. The number of anilines is 2. The van der Waals surface area contributed by atoms with Crippen LogP contribution in [-0.4, -0.2) is 48.5 Å². The summed E-state index contributed by atoms with van der Waals surface area (Å²) in [6.45, 7) is 9.27. The summed E-state index contributed by atoms with van der Waals surface area (Å²) in [7, 11) is 0. The molecule has 1 aromatic rings. The van der Waals surface area contributed by atoms with Crippen molar-refractivity contribution in [3.05, 3.63) is 18.3 Å². The normalized spacial score (nSPS) is 16.4. The molecule has 1 fully saturated rings. The number of likely N-dealkylation sites (N-methyl/N-ethyl adjacent to an activating group) is 1. The molecule has 5 heteroatoms. The molecule has 0 aromatic carbocycles. The van der Waals surface area contributed by atoms with Gasteiger partial charge in [-0.15, -0.1) is 0 Å². The molecule has 104 valence electrons. The van der Waals surface area contributed by atoms with Crippen molar-refractivity contribution in [2.24, 2.45) is 0 Å². The molecule has 0 spiro atoms. The number of nitrogens with zero attached hydrogens (tertiary/aromatic N) is 3. The van der Waals surface area contributed by atoms with Crippen LogP contribution >= 0.6 is 0 Å². The zero-order chi connectivity index (χ0) is 13.7. The smallest absolute Gasteiger partial charge is 0.224 e. The number of nitrogens with one attached hydrogen (secondary N) is 1. The maximum Gasteiger partial charge on any atom is 0.224 e. The van der Waals surface area contributed by atoms with E-state index < -0.39 is 0 Å². The van der Waals surface area contributed by atoms with E-state index in [1.165, 1.54) is 0 Å². The first-order valence-electron chi connectivity index (χ1n) is 6.96. The van der Waals surface area contributed by atoms with Gasteiger partial charge in [-0.05, 0) is 12.6 Å². The summed E-state index contributed by atoms with van der Waals surface area (Å²) in [5, 5.41) is 2.88. The van der Waals surface area contributed by atoms with Crippen molar-refractivity contribution in [1.29, 1.82) is 0 Å². The van der Waals surface area contributed by atoms with Gasteiger partial charge < -0.3 is 15.1 Å². The average molecular weight is 262 g/mol. The lowest BCUT2D eigenvalue weighted by molar-refractivity contribution is -0.115. The van der Waals surface area contributed by atoms with Crippen LogP contribution in [0.2, 0.25) is 0 Å². The Morgan fingerprint density at radius 2 is 2.05 bits per heavy atom. The second kappa shape index (κ2) is 6.52. The van der Waals surface area contributed by atoms with E-state index in [-0.39, 0.29) is 5.91 Å². The quantitative estimate of drug-likeness (QED) is 0.895. The number of carbonyl (C=O) groups is 1. The van der Waals surface area contributed by atoms with Crippen LogP contribution in [0, 0.1) is 0 Å². The van der Waals surface area contributed by atoms with Crippen molar-refractivity contribution in [3.8, 4) is 0 Å². The van der Waals surface area contributed by atoms with Crippen LogP contribution in [0.3, 0.4) is 0 Å². The molecule has 1 aromatic heterocycles. The molecular weight excluding hydrogens is 240 g/mol. The van der Waals surface area contributed by atoms with Crippen LogP contribution < -0.4 is 10.2 Å². The molecule has 1 N–H and O–H groups in total. The van der Waals surface area contributed by atoms with Gasteiger partial charge in [0.2, 0.25) is 5.91 Å². The van der Waals surface area contributed by atoms with Crippen molar-refractivity contribution in [3.63, 3.8) is 0 Å². The van der Waals surface area contributed by atoms with Gasteiger partial charge in [0, 0.05) is 50.6 Å². The van der Waals surface area contributed by atoms with E-state index in [1.54, 1.807) is 6.20 Å². The van der Waals surface area contributed by atoms with Crippen molar-refractivity contribution >= 4 is 17.4 Å². The standard InChI is InChI=1S/C14H22N4O/c1-3-14(19)16-12-5-6-15-13(11-12)18-9-7-17(4-2)8-10-18/h5-6,11H,3-4,7-10H2,1-2H3,(H,15,16,19). The van der Waals surface area contributed by atoms with Gasteiger partial charge in [0.25, 0.3) is 0 Å². The molecule has 0 radical (unpaired) electrons. The highest BCUT2D eigenvalue weighted by atomic mass is 16.1. The van der Waals surface area contributed by atoms with Gasteiger partial charge >= 0.3 is 0 Å². The highest BCUT2D eigenvalue weighted by Gasteiger charge is 2.16. The molecule has 1 aliphatic rings. The number of hydrogen-bond donors (Lipinski definition) is 1. The van der Waals surface area contributed by atoms with Crippen molar-refractivity contribution in [2.75, 3.05) is 42.9 Å². The summed E-state index contributed by atoms with van der Waals surface area (Å²) in [5.74, 6) is 0.984. The SMILES string of the molecule is CCC(=O)Nc1ccnc(N2CCN(CC)CC2)c1. The van der Waals surface area contributed by atoms with Crippen LogP contribution in [-0.2, 0) is 4.79 Å². The first kappa shape index (κ1) is 13.8. The van der Waals surface area contributed by atoms with Crippen LogP contribution in [0.25, 0.3) is 0 Å². The predicted molar refractivity (Wildman–Crippen MR) is 77.5 cm³/mol. The van der Waals surface area contributed by atoms with E-state index in [0.717, 1.165) is 44.2 Å². The van der Waals surface area contributed by atoms with E-state index in [9.17, 15) is 4.79 Å². The number of piperazine rings is 1. The van der Waals surface area contributed by atoms with Gasteiger partial charge in [-0.2, -0.15) is 0 Å². The van der Waals surface area contributed by atoms with Crippen LogP contribution in [0.4, 0.5) is 11.5 Å². The average Bonchev–Trinajstić information content (AvgIpc) is 2.47. The lowest BCUT2D eigenvalue weighted by Gasteiger charge is -2.34. The topological polar surface area (TPSA) is 48.5 Å². The third-order valence-corrected chi connectivity index (χ3v) is 3.49. The highest BCUT2D eigenvalue weighted by Crippen LogP contribution is 2.18. The van der Waals surface area contributed by atoms with Gasteiger partial charge in [-0.3, -0.25) is 4.79 Å². The minimum absolute atomic E-state index is 0.0351. The molecule has 1 aliphatic heterocycles. The second-order valence-electron chi connectivity index (χ2n) is 4.73. The summed E-state index contributed by atoms with van der Waals surface area (Å²) >= 11 is 0. The van der Waals surface area contributed by atoms with Crippen molar-refractivity contribution in [2.45, 2.75) is 20.3 Å².